The molecule has 1 heteroatoms. The topological polar surface area (TPSA) is 21.4 Å². The van der Waals surface area contributed by atoms with Crippen molar-refractivity contribution in [2.75, 3.05) is 0 Å². The van der Waals surface area contributed by atoms with E-state index in [9.17, 15) is 4.79 Å². The fraction of sp³-hybridized carbons (Fsp3) is 0.227. The summed E-state index contributed by atoms with van der Waals surface area (Å²) in [4.78, 5) is 9.44. The molecule has 3 rings (SSSR count). The normalized spacial score (nSPS) is 14.1. The van der Waals surface area contributed by atoms with E-state index in [0.717, 1.165) is 5.57 Å². The zero-order chi connectivity index (χ0) is 16.6. The molecule has 0 radical (unpaired) electrons. The van der Waals surface area contributed by atoms with Gasteiger partial charge in [0.05, 0.1) is 0 Å². The Morgan fingerprint density at radius 1 is 0.913 bits per heavy atom. The SMILES string of the molecule is Cc1cc(C=C2C=CC(=[OH+])C=C2)c2c(C)ccc(C(C)C)cc1-2. The lowest BCUT2D eigenvalue weighted by Gasteiger charge is -2.05. The number of hydrogen-bond donors (Lipinski definition) is 0. The largest absolute Gasteiger partial charge is 0.340 e. The molecule has 3 aliphatic carbocycles. The van der Waals surface area contributed by atoms with Crippen LogP contribution in [0.2, 0.25) is 0 Å². The van der Waals surface area contributed by atoms with Crippen LogP contribution in [-0.4, -0.2) is 10.6 Å². The molecule has 0 aromatic rings. The summed E-state index contributed by atoms with van der Waals surface area (Å²) in [7, 11) is 0. The molecule has 3 aliphatic rings. The molecule has 0 atom stereocenters. The average Bonchev–Trinajstić information content (AvgIpc) is 2.69. The molecule has 0 saturated heterocycles. The number of ketones is 1. The van der Waals surface area contributed by atoms with Gasteiger partial charge in [-0.15, -0.1) is 0 Å². The van der Waals surface area contributed by atoms with Crippen LogP contribution in [-0.2, 0) is 0 Å². The van der Waals surface area contributed by atoms with E-state index < -0.39 is 0 Å². The Bertz CT molecular complexity index is 813. The van der Waals surface area contributed by atoms with Crippen molar-refractivity contribution in [2.45, 2.75) is 33.6 Å². The predicted molar refractivity (Wildman–Crippen MR) is 99.8 cm³/mol. The van der Waals surface area contributed by atoms with Crippen LogP contribution in [0.3, 0.4) is 0 Å². The number of hydrogen-bond acceptors (Lipinski definition) is 0. The first-order valence-electron chi connectivity index (χ1n) is 8.13. The van der Waals surface area contributed by atoms with Crippen LogP contribution >= 0.6 is 0 Å². The van der Waals surface area contributed by atoms with E-state index in [0.29, 0.717) is 11.7 Å². The van der Waals surface area contributed by atoms with Crippen molar-refractivity contribution < 1.29 is 4.79 Å². The minimum Gasteiger partial charge on any atom is -0.274 e. The Balaban J connectivity index is 2.15. The maximum atomic E-state index is 9.44. The molecule has 116 valence electrons. The highest BCUT2D eigenvalue weighted by Gasteiger charge is 2.15. The number of rotatable bonds is 2. The molecule has 23 heavy (non-hydrogen) atoms. The highest BCUT2D eigenvalue weighted by molar-refractivity contribution is 6.02. The smallest absolute Gasteiger partial charge is 0.274 e. The van der Waals surface area contributed by atoms with Gasteiger partial charge in [0.25, 0.3) is 0 Å². The van der Waals surface area contributed by atoms with Gasteiger partial charge in [0.2, 0.25) is 0 Å². The first-order valence-corrected chi connectivity index (χ1v) is 8.13. The monoisotopic (exact) mass is 303 g/mol. The Kier molecular flexibility index (Phi) is 4.04. The third kappa shape index (κ3) is 3.05. The zero-order valence-corrected chi connectivity index (χ0v) is 14.2. The number of allylic oxidation sites excluding steroid dienone is 5. The Hall–Kier alpha value is -2.41. The van der Waals surface area contributed by atoms with Crippen molar-refractivity contribution in [2.24, 2.45) is 0 Å². The second-order valence-electron chi connectivity index (χ2n) is 6.62. The quantitative estimate of drug-likeness (QED) is 0.645. The zero-order valence-electron chi connectivity index (χ0n) is 14.2. The lowest BCUT2D eigenvalue weighted by Crippen LogP contribution is -1.91. The average molecular weight is 303 g/mol. The van der Waals surface area contributed by atoms with E-state index in [1.807, 2.05) is 12.2 Å². The first kappa shape index (κ1) is 15.5. The van der Waals surface area contributed by atoms with Crippen molar-refractivity contribution in [3.8, 4) is 11.1 Å². The first-order chi connectivity index (χ1) is 11.0. The van der Waals surface area contributed by atoms with Crippen molar-refractivity contribution >= 4 is 11.9 Å². The van der Waals surface area contributed by atoms with Gasteiger partial charge in [-0.25, -0.2) is 0 Å². The molecule has 0 fully saturated rings. The lowest BCUT2D eigenvalue weighted by atomic mass is 9.99. The number of fused-ring (bicyclic) bond motifs is 1. The maximum Gasteiger partial charge on any atom is 0.340 e. The molecule has 0 bridgehead atoms. The standard InChI is InChI=1S/C22H22O/c1-14(2)18-8-5-15(3)22-19(11-16(4)21(22)13-18)12-17-6-9-20(23)10-7-17/h5-14H,1-4H3/p+1. The third-order valence-corrected chi connectivity index (χ3v) is 4.47. The maximum absolute atomic E-state index is 9.44. The lowest BCUT2D eigenvalue weighted by molar-refractivity contribution is 0.683. The van der Waals surface area contributed by atoms with Crippen molar-refractivity contribution in [1.82, 2.24) is 0 Å². The molecule has 0 unspecified atom stereocenters. The summed E-state index contributed by atoms with van der Waals surface area (Å²) in [5.41, 5.74) is 8.98. The molecule has 0 heterocycles. The fourth-order valence-corrected chi connectivity index (χ4v) is 3.10. The summed E-state index contributed by atoms with van der Waals surface area (Å²) in [6.45, 7) is 8.83. The van der Waals surface area contributed by atoms with E-state index in [2.05, 4.69) is 58.0 Å². The molecule has 1 N–H and O–H groups in total. The molecule has 1 nitrogen and oxygen atoms in total. The van der Waals surface area contributed by atoms with Gasteiger partial charge in [0.15, 0.2) is 0 Å². The Morgan fingerprint density at radius 2 is 1.61 bits per heavy atom. The highest BCUT2D eigenvalue weighted by Crippen LogP contribution is 2.37. The van der Waals surface area contributed by atoms with Crippen LogP contribution in [0.25, 0.3) is 17.2 Å². The van der Waals surface area contributed by atoms with Gasteiger partial charge < -0.3 is 0 Å². The van der Waals surface area contributed by atoms with Crippen LogP contribution in [0.1, 0.15) is 42.0 Å². The van der Waals surface area contributed by atoms with E-state index in [1.54, 1.807) is 12.2 Å². The van der Waals surface area contributed by atoms with Gasteiger partial charge in [0.1, 0.15) is 0 Å². The van der Waals surface area contributed by atoms with Gasteiger partial charge in [-0.05, 0) is 76.9 Å². The van der Waals surface area contributed by atoms with E-state index in [1.165, 1.54) is 33.4 Å². The Labute approximate surface area is 138 Å². The minimum absolute atomic E-state index is 0.301. The molecular formula is C22H23O+. The molecule has 0 amide bonds. The van der Waals surface area contributed by atoms with Crippen molar-refractivity contribution in [1.29, 1.82) is 0 Å². The predicted octanol–water partition coefficient (Wildman–Crippen LogP) is 5.59. The van der Waals surface area contributed by atoms with E-state index in [4.69, 9.17) is 0 Å². The summed E-state index contributed by atoms with van der Waals surface area (Å²) < 4.78 is 0. The van der Waals surface area contributed by atoms with Crippen LogP contribution in [0, 0.1) is 13.8 Å². The van der Waals surface area contributed by atoms with Crippen LogP contribution in [0.15, 0.2) is 54.1 Å². The summed E-state index contributed by atoms with van der Waals surface area (Å²) >= 11 is 0. The summed E-state index contributed by atoms with van der Waals surface area (Å²) in [5, 5.41) is 0. The van der Waals surface area contributed by atoms with Gasteiger partial charge in [0, 0.05) is 12.2 Å². The van der Waals surface area contributed by atoms with Crippen LogP contribution in [0.5, 0.6) is 0 Å². The van der Waals surface area contributed by atoms with Gasteiger partial charge in [-0.1, -0.05) is 38.1 Å². The minimum atomic E-state index is 0.301. The summed E-state index contributed by atoms with van der Waals surface area (Å²) in [6.07, 6.45) is 9.54. The van der Waals surface area contributed by atoms with Gasteiger partial charge in [-0.2, -0.15) is 0 Å². The Morgan fingerprint density at radius 3 is 2.26 bits per heavy atom. The molecule has 0 saturated carbocycles. The molecular weight excluding hydrogens is 280 g/mol. The third-order valence-electron chi connectivity index (χ3n) is 4.47. The van der Waals surface area contributed by atoms with Gasteiger partial charge >= 0.3 is 5.78 Å². The van der Waals surface area contributed by atoms with E-state index in [-0.39, 0.29) is 0 Å². The molecule has 0 aromatic heterocycles. The number of carbonyl (C=O) groups excluding carboxylic acids is 1. The van der Waals surface area contributed by atoms with Gasteiger partial charge in [-0.3, -0.25) is 4.79 Å². The van der Waals surface area contributed by atoms with Crippen LogP contribution < -0.4 is 0 Å². The molecule has 0 aliphatic heterocycles. The van der Waals surface area contributed by atoms with Crippen molar-refractivity contribution in [3.63, 3.8) is 0 Å². The summed E-state index contributed by atoms with van der Waals surface area (Å²) in [6, 6.07) is 9.06. The van der Waals surface area contributed by atoms with E-state index >= 15 is 0 Å². The second kappa shape index (κ2) is 6.00. The molecule has 0 spiro atoms. The van der Waals surface area contributed by atoms with Crippen molar-refractivity contribution in [3.05, 3.63) is 76.4 Å². The highest BCUT2D eigenvalue weighted by atomic mass is 16.1. The molecule has 0 aromatic carbocycles. The van der Waals surface area contributed by atoms with Crippen LogP contribution in [0.4, 0.5) is 0 Å². The summed E-state index contributed by atoms with van der Waals surface area (Å²) in [5.74, 6) is 0.818. The number of aryl methyl sites for hydroxylation is 2. The second-order valence-corrected chi connectivity index (χ2v) is 6.62. The fourth-order valence-electron chi connectivity index (χ4n) is 3.10.